The molecule has 0 spiro atoms. The second kappa shape index (κ2) is 7.99. The lowest BCUT2D eigenvalue weighted by atomic mass is 10.2. The van der Waals surface area contributed by atoms with Gasteiger partial charge in [-0.2, -0.15) is 0 Å². The third kappa shape index (κ3) is 3.64. The van der Waals surface area contributed by atoms with Crippen molar-refractivity contribution in [3.8, 4) is 0 Å². The summed E-state index contributed by atoms with van der Waals surface area (Å²) in [5.74, 6) is 0.331. The van der Waals surface area contributed by atoms with E-state index in [4.69, 9.17) is 14.1 Å². The van der Waals surface area contributed by atoms with Gasteiger partial charge in [-0.15, -0.1) is 11.3 Å². The van der Waals surface area contributed by atoms with E-state index in [-0.39, 0.29) is 22.6 Å². The maximum absolute atomic E-state index is 13.5. The number of carbonyl (C=O) groups is 1. The monoisotopic (exact) mass is 432 g/mol. The van der Waals surface area contributed by atoms with Gasteiger partial charge in [0, 0.05) is 10.9 Å². The van der Waals surface area contributed by atoms with E-state index in [0.717, 1.165) is 51.5 Å². The normalized spacial score (nSPS) is 15.9. The Morgan fingerprint density at radius 1 is 1.34 bits per heavy atom. The van der Waals surface area contributed by atoms with Crippen LogP contribution < -0.4 is 5.56 Å². The molecule has 0 aliphatic heterocycles. The Kier molecular flexibility index (Phi) is 5.57. The molecule has 6 nitrogen and oxygen atoms in total. The van der Waals surface area contributed by atoms with E-state index in [1.165, 1.54) is 18.9 Å². The number of hydrogen-bond donors (Lipinski definition) is 0. The fourth-order valence-electron chi connectivity index (χ4n) is 3.85. The largest absolute Gasteiger partial charge is 0.463 e. The average molecular weight is 433 g/mol. The molecule has 0 radical (unpaired) electrons. The Morgan fingerprint density at radius 2 is 2.07 bits per heavy atom. The van der Waals surface area contributed by atoms with Gasteiger partial charge < -0.3 is 9.15 Å². The van der Waals surface area contributed by atoms with Crippen molar-refractivity contribution in [2.24, 2.45) is 0 Å². The van der Waals surface area contributed by atoms with Crippen molar-refractivity contribution in [3.05, 3.63) is 44.4 Å². The predicted molar refractivity (Wildman–Crippen MR) is 115 cm³/mol. The maximum Gasteiger partial charge on any atom is 0.373 e. The second-order valence-electron chi connectivity index (χ2n) is 7.42. The molecule has 3 heterocycles. The topological polar surface area (TPSA) is 74.3 Å². The van der Waals surface area contributed by atoms with Crippen LogP contribution in [-0.2, 0) is 4.74 Å². The smallest absolute Gasteiger partial charge is 0.373 e. The molecule has 1 fully saturated rings. The number of thiophene rings is 1. The number of fused-ring (bicyclic) bond motifs is 1. The van der Waals surface area contributed by atoms with Crippen LogP contribution in [0.15, 0.2) is 26.5 Å². The first-order valence-corrected chi connectivity index (χ1v) is 11.5. The highest BCUT2D eigenvalue weighted by Gasteiger charge is 2.27. The highest BCUT2D eigenvalue weighted by atomic mass is 32.2. The molecule has 1 unspecified atom stereocenters. The number of methoxy groups -OCH3 is 1. The molecule has 154 valence electrons. The fraction of sp³-hybridized carbons (Fsp3) is 0.476. The molecule has 3 aromatic rings. The molecule has 29 heavy (non-hydrogen) atoms. The molecule has 1 saturated carbocycles. The van der Waals surface area contributed by atoms with Gasteiger partial charge in [-0.1, -0.05) is 24.6 Å². The molecule has 1 aliphatic carbocycles. The summed E-state index contributed by atoms with van der Waals surface area (Å²) in [5.41, 5.74) is 1.10. The van der Waals surface area contributed by atoms with Crippen LogP contribution in [-0.4, -0.2) is 22.6 Å². The van der Waals surface area contributed by atoms with E-state index < -0.39 is 5.97 Å². The molecule has 0 bridgehead atoms. The quantitative estimate of drug-likeness (QED) is 0.304. The fourth-order valence-corrected chi connectivity index (χ4v) is 5.98. The lowest BCUT2D eigenvalue weighted by Gasteiger charge is -2.19. The molecule has 4 rings (SSSR count). The van der Waals surface area contributed by atoms with E-state index in [9.17, 15) is 9.59 Å². The molecule has 1 atom stereocenters. The van der Waals surface area contributed by atoms with Gasteiger partial charge in [-0.25, -0.2) is 9.78 Å². The van der Waals surface area contributed by atoms with Gasteiger partial charge in [0.15, 0.2) is 5.16 Å². The van der Waals surface area contributed by atoms with Crippen LogP contribution >= 0.6 is 23.1 Å². The van der Waals surface area contributed by atoms with Crippen molar-refractivity contribution >= 4 is 39.3 Å². The van der Waals surface area contributed by atoms with Gasteiger partial charge in [-0.05, 0) is 51.3 Å². The van der Waals surface area contributed by atoms with Crippen LogP contribution in [0, 0.1) is 13.8 Å². The summed E-state index contributed by atoms with van der Waals surface area (Å²) < 4.78 is 12.3. The number of hydrogen-bond acceptors (Lipinski definition) is 7. The first kappa shape index (κ1) is 20.2. The molecule has 1 aliphatic rings. The number of aromatic nitrogens is 2. The van der Waals surface area contributed by atoms with Crippen molar-refractivity contribution in [2.75, 3.05) is 7.11 Å². The van der Waals surface area contributed by atoms with Crippen LogP contribution in [0.5, 0.6) is 0 Å². The SMILES string of the molecule is COC(=O)c1ccc(C(C)Sc2nc3sc(C)c(C)c3c(=O)n2C2CCCC2)o1. The third-order valence-electron chi connectivity index (χ3n) is 5.59. The Labute approximate surface area is 177 Å². The van der Waals surface area contributed by atoms with Gasteiger partial charge in [0.1, 0.15) is 10.6 Å². The number of furan rings is 1. The van der Waals surface area contributed by atoms with Crippen molar-refractivity contribution in [1.82, 2.24) is 9.55 Å². The van der Waals surface area contributed by atoms with E-state index >= 15 is 0 Å². The van der Waals surface area contributed by atoms with Crippen molar-refractivity contribution < 1.29 is 13.9 Å². The first-order valence-electron chi connectivity index (χ1n) is 9.77. The van der Waals surface area contributed by atoms with Crippen LogP contribution in [0.25, 0.3) is 10.2 Å². The molecule has 3 aromatic heterocycles. The zero-order valence-corrected chi connectivity index (χ0v) is 18.6. The van der Waals surface area contributed by atoms with E-state index in [1.807, 2.05) is 25.3 Å². The zero-order valence-electron chi connectivity index (χ0n) is 17.0. The van der Waals surface area contributed by atoms with Crippen molar-refractivity contribution in [1.29, 1.82) is 0 Å². The van der Waals surface area contributed by atoms with Gasteiger partial charge in [-0.3, -0.25) is 9.36 Å². The summed E-state index contributed by atoms with van der Waals surface area (Å²) in [6, 6.07) is 3.58. The Morgan fingerprint density at radius 3 is 2.76 bits per heavy atom. The number of nitrogens with zero attached hydrogens (tertiary/aromatic N) is 2. The standard InChI is InChI=1S/C21H24N2O4S2/c1-11-12(2)28-18-17(11)19(24)23(14-7-5-6-8-14)21(22-18)29-13(3)15-9-10-16(27-15)20(25)26-4/h9-10,13-14H,5-8H2,1-4H3. The maximum atomic E-state index is 13.5. The zero-order chi connectivity index (χ0) is 20.7. The minimum absolute atomic E-state index is 0.0631. The van der Waals surface area contributed by atoms with Crippen LogP contribution in [0.3, 0.4) is 0 Å². The summed E-state index contributed by atoms with van der Waals surface area (Å²) in [7, 11) is 1.33. The minimum Gasteiger partial charge on any atom is -0.463 e. The summed E-state index contributed by atoms with van der Waals surface area (Å²) >= 11 is 3.07. The summed E-state index contributed by atoms with van der Waals surface area (Å²) in [4.78, 5) is 32.0. The third-order valence-corrected chi connectivity index (χ3v) is 7.77. The van der Waals surface area contributed by atoms with Gasteiger partial charge in [0.2, 0.25) is 5.76 Å². The molecule has 0 amide bonds. The minimum atomic E-state index is -0.500. The van der Waals surface area contributed by atoms with Crippen molar-refractivity contribution in [2.45, 2.75) is 62.9 Å². The van der Waals surface area contributed by atoms with Crippen molar-refractivity contribution in [3.63, 3.8) is 0 Å². The van der Waals surface area contributed by atoms with Crippen LogP contribution in [0.1, 0.15) is 70.7 Å². The number of ether oxygens (including phenoxy) is 1. The molecule has 8 heteroatoms. The molecule has 0 aromatic carbocycles. The lowest BCUT2D eigenvalue weighted by molar-refractivity contribution is 0.0563. The lowest BCUT2D eigenvalue weighted by Crippen LogP contribution is -2.26. The van der Waals surface area contributed by atoms with E-state index in [1.54, 1.807) is 23.5 Å². The highest BCUT2D eigenvalue weighted by Crippen LogP contribution is 2.39. The Bertz CT molecular complexity index is 1120. The summed E-state index contributed by atoms with van der Waals surface area (Å²) in [6.07, 6.45) is 4.28. The first-order chi connectivity index (χ1) is 13.9. The number of aryl methyl sites for hydroxylation is 2. The van der Waals surface area contributed by atoms with Gasteiger partial charge in [0.05, 0.1) is 17.7 Å². The predicted octanol–water partition coefficient (Wildman–Crippen LogP) is 5.42. The highest BCUT2D eigenvalue weighted by molar-refractivity contribution is 7.99. The van der Waals surface area contributed by atoms with E-state index in [0.29, 0.717) is 5.76 Å². The molecule has 0 saturated heterocycles. The second-order valence-corrected chi connectivity index (χ2v) is 9.94. The Balaban J connectivity index is 1.75. The van der Waals surface area contributed by atoms with E-state index in [2.05, 4.69) is 0 Å². The van der Waals surface area contributed by atoms with Gasteiger partial charge in [0.25, 0.3) is 5.56 Å². The number of carbonyl (C=O) groups excluding carboxylic acids is 1. The summed E-state index contributed by atoms with van der Waals surface area (Å²) in [5, 5.41) is 1.37. The van der Waals surface area contributed by atoms with Gasteiger partial charge >= 0.3 is 5.97 Å². The van der Waals surface area contributed by atoms with Crippen LogP contribution in [0.2, 0.25) is 0 Å². The molecule has 0 N–H and O–H groups in total. The number of thioether (sulfide) groups is 1. The summed E-state index contributed by atoms with van der Waals surface area (Å²) in [6.45, 7) is 6.03. The Hall–Kier alpha value is -2.06. The van der Waals surface area contributed by atoms with Crippen LogP contribution in [0.4, 0.5) is 0 Å². The number of esters is 1. The molecular weight excluding hydrogens is 408 g/mol. The molecular formula is C21H24N2O4S2. The average Bonchev–Trinajstić information content (AvgIpc) is 3.43. The number of rotatable bonds is 5.